The molecule has 5 aromatic rings. The summed E-state index contributed by atoms with van der Waals surface area (Å²) in [4.78, 5) is 2.66. The molecule has 1 aliphatic heterocycles. The molecule has 0 N–H and O–H groups in total. The predicted octanol–water partition coefficient (Wildman–Crippen LogP) is 6.84. The van der Waals surface area contributed by atoms with Gasteiger partial charge in [-0.3, -0.25) is 4.90 Å². The predicted molar refractivity (Wildman–Crippen MR) is 136 cm³/mol. The molecule has 1 atom stereocenters. The summed E-state index contributed by atoms with van der Waals surface area (Å²) in [6.45, 7) is 2.90. The summed E-state index contributed by atoms with van der Waals surface area (Å²) in [6, 6.07) is 42.0. The van der Waals surface area contributed by atoms with Crippen LogP contribution in [0.25, 0.3) is 10.9 Å². The van der Waals surface area contributed by atoms with E-state index in [0.29, 0.717) is 0 Å². The van der Waals surface area contributed by atoms with Crippen LogP contribution in [0.5, 0.6) is 0 Å². The fourth-order valence-electron chi connectivity index (χ4n) is 5.46. The van der Waals surface area contributed by atoms with Gasteiger partial charge in [0.2, 0.25) is 0 Å². The van der Waals surface area contributed by atoms with E-state index in [1.165, 1.54) is 38.9 Å². The molecule has 0 amide bonds. The molecule has 0 radical (unpaired) electrons. The van der Waals surface area contributed by atoms with Crippen molar-refractivity contribution in [2.45, 2.75) is 25.6 Å². The highest BCUT2D eigenvalue weighted by atomic mass is 15.2. The lowest BCUT2D eigenvalue weighted by molar-refractivity contribution is 0.198. The van der Waals surface area contributed by atoms with E-state index in [4.69, 9.17) is 0 Å². The van der Waals surface area contributed by atoms with Crippen LogP contribution in [0.3, 0.4) is 0 Å². The second kappa shape index (κ2) is 8.73. The van der Waals surface area contributed by atoms with E-state index in [9.17, 15) is 0 Å². The maximum Gasteiger partial charge on any atom is 0.0762 e. The number of hydrogen-bond acceptors (Lipinski definition) is 1. The van der Waals surface area contributed by atoms with Crippen LogP contribution < -0.4 is 0 Å². The summed E-state index contributed by atoms with van der Waals surface area (Å²) in [5, 5.41) is 1.41. The van der Waals surface area contributed by atoms with E-state index in [-0.39, 0.29) is 6.04 Å². The van der Waals surface area contributed by atoms with Crippen LogP contribution in [0.15, 0.2) is 115 Å². The fraction of sp³-hybridized carbons (Fsp3) is 0.161. The Bertz CT molecular complexity index is 1350. The molecule has 1 aromatic heterocycles. The molecule has 2 nitrogen and oxygen atoms in total. The zero-order chi connectivity index (χ0) is 22.0. The summed E-state index contributed by atoms with van der Waals surface area (Å²) in [5.74, 6) is 0. The minimum atomic E-state index is 0.228. The van der Waals surface area contributed by atoms with Crippen LogP contribution in [-0.2, 0) is 19.5 Å². The van der Waals surface area contributed by atoms with Crippen molar-refractivity contribution in [3.05, 3.63) is 143 Å². The Morgan fingerprint density at radius 1 is 0.606 bits per heavy atom. The summed E-state index contributed by atoms with van der Waals surface area (Å²) in [5.41, 5.74) is 8.38. The Kier molecular flexibility index (Phi) is 5.29. The molecule has 0 fully saturated rings. The Labute approximate surface area is 195 Å². The van der Waals surface area contributed by atoms with Crippen LogP contribution in [0.1, 0.15) is 34.0 Å². The second-order valence-corrected chi connectivity index (χ2v) is 8.97. The van der Waals surface area contributed by atoms with Gasteiger partial charge in [0.15, 0.2) is 0 Å². The lowest BCUT2D eigenvalue weighted by Gasteiger charge is -2.37. The first-order valence-electron chi connectivity index (χ1n) is 11.9. The first-order valence-corrected chi connectivity index (χ1v) is 11.9. The first kappa shape index (κ1) is 20.0. The van der Waals surface area contributed by atoms with Crippen molar-refractivity contribution >= 4 is 10.9 Å². The molecular formula is C31H28N2. The normalized spacial score (nSPS) is 16.1. The van der Waals surface area contributed by atoms with Crippen LogP contribution in [0.4, 0.5) is 0 Å². The lowest BCUT2D eigenvalue weighted by Crippen LogP contribution is -2.36. The van der Waals surface area contributed by atoms with Crippen LogP contribution in [0, 0.1) is 0 Å². The number of benzene rings is 4. The molecule has 162 valence electrons. The number of rotatable bonds is 5. The van der Waals surface area contributed by atoms with Gasteiger partial charge in [-0.05, 0) is 34.7 Å². The topological polar surface area (TPSA) is 8.17 Å². The van der Waals surface area contributed by atoms with E-state index in [0.717, 1.165) is 26.1 Å². The molecule has 0 bridgehead atoms. The van der Waals surface area contributed by atoms with E-state index in [1.807, 2.05) is 0 Å². The van der Waals surface area contributed by atoms with Gasteiger partial charge >= 0.3 is 0 Å². The van der Waals surface area contributed by atoms with E-state index >= 15 is 0 Å². The van der Waals surface area contributed by atoms with Crippen molar-refractivity contribution in [2.24, 2.45) is 0 Å². The van der Waals surface area contributed by atoms with Crippen molar-refractivity contribution < 1.29 is 0 Å². The van der Waals surface area contributed by atoms with Gasteiger partial charge in [0.05, 0.1) is 6.04 Å². The number of hydrogen-bond donors (Lipinski definition) is 0. The highest BCUT2D eigenvalue weighted by molar-refractivity contribution is 5.86. The molecule has 2 heterocycles. The molecule has 0 unspecified atom stereocenters. The highest BCUT2D eigenvalue weighted by Crippen LogP contribution is 2.41. The Morgan fingerprint density at radius 2 is 1.18 bits per heavy atom. The maximum absolute atomic E-state index is 2.66. The summed E-state index contributed by atoms with van der Waals surface area (Å²) in [7, 11) is 0. The molecule has 0 saturated heterocycles. The van der Waals surface area contributed by atoms with Crippen molar-refractivity contribution in [2.75, 3.05) is 6.54 Å². The van der Waals surface area contributed by atoms with Crippen LogP contribution in [-0.4, -0.2) is 16.0 Å². The van der Waals surface area contributed by atoms with Crippen molar-refractivity contribution in [1.29, 1.82) is 0 Å². The largest absolute Gasteiger partial charge is 0.338 e. The SMILES string of the molecule is c1ccc(CN2CCc3c(n(Cc4ccccc4)c4ccccc34)[C@H]2c2ccccc2)cc1. The Morgan fingerprint density at radius 3 is 1.88 bits per heavy atom. The quantitative estimate of drug-likeness (QED) is 0.298. The summed E-state index contributed by atoms with van der Waals surface area (Å²) >= 11 is 0. The monoisotopic (exact) mass is 428 g/mol. The van der Waals surface area contributed by atoms with Crippen molar-refractivity contribution in [1.82, 2.24) is 9.47 Å². The van der Waals surface area contributed by atoms with Crippen LogP contribution >= 0.6 is 0 Å². The average molecular weight is 429 g/mol. The van der Waals surface area contributed by atoms with Gasteiger partial charge in [0.1, 0.15) is 0 Å². The highest BCUT2D eigenvalue weighted by Gasteiger charge is 2.33. The zero-order valence-corrected chi connectivity index (χ0v) is 18.8. The number of nitrogens with zero attached hydrogens (tertiary/aromatic N) is 2. The first-order chi connectivity index (χ1) is 16.4. The smallest absolute Gasteiger partial charge is 0.0762 e. The Balaban J connectivity index is 1.54. The maximum atomic E-state index is 2.66. The van der Waals surface area contributed by atoms with Gasteiger partial charge in [-0.25, -0.2) is 0 Å². The third-order valence-electron chi connectivity index (χ3n) is 6.92. The molecule has 33 heavy (non-hydrogen) atoms. The third-order valence-corrected chi connectivity index (χ3v) is 6.92. The summed E-state index contributed by atoms with van der Waals surface area (Å²) in [6.07, 6.45) is 1.08. The molecule has 6 rings (SSSR count). The number of para-hydroxylation sites is 1. The average Bonchev–Trinajstić information content (AvgIpc) is 3.19. The second-order valence-electron chi connectivity index (χ2n) is 8.97. The summed E-state index contributed by atoms with van der Waals surface area (Å²) < 4.78 is 2.58. The minimum absolute atomic E-state index is 0.228. The van der Waals surface area contributed by atoms with Crippen LogP contribution in [0.2, 0.25) is 0 Å². The minimum Gasteiger partial charge on any atom is -0.338 e. The molecule has 0 aliphatic carbocycles. The number of fused-ring (bicyclic) bond motifs is 3. The standard InChI is InChI=1S/C31H28N2/c1-4-12-24(13-5-1)22-32-21-20-28-27-18-10-11-19-29(27)33(23-25-14-6-2-7-15-25)31(28)30(32)26-16-8-3-9-17-26/h1-19,30H,20-23H2/t30-/m1/s1. The van der Waals surface area contributed by atoms with Gasteiger partial charge < -0.3 is 4.57 Å². The third kappa shape index (κ3) is 3.77. The molecule has 4 aromatic carbocycles. The van der Waals surface area contributed by atoms with E-state index in [2.05, 4.69) is 125 Å². The lowest BCUT2D eigenvalue weighted by atomic mass is 9.91. The number of aromatic nitrogens is 1. The van der Waals surface area contributed by atoms with Gasteiger partial charge in [0.25, 0.3) is 0 Å². The van der Waals surface area contributed by atoms with Crippen molar-refractivity contribution in [3.8, 4) is 0 Å². The molecule has 2 heteroatoms. The molecular weight excluding hydrogens is 400 g/mol. The van der Waals surface area contributed by atoms with Crippen molar-refractivity contribution in [3.63, 3.8) is 0 Å². The van der Waals surface area contributed by atoms with Gasteiger partial charge in [-0.1, -0.05) is 109 Å². The van der Waals surface area contributed by atoms with E-state index in [1.54, 1.807) is 0 Å². The Hall–Kier alpha value is -3.62. The molecule has 0 saturated carbocycles. The molecule has 1 aliphatic rings. The fourth-order valence-corrected chi connectivity index (χ4v) is 5.46. The molecule has 0 spiro atoms. The van der Waals surface area contributed by atoms with E-state index < -0.39 is 0 Å². The van der Waals surface area contributed by atoms with Gasteiger partial charge in [-0.15, -0.1) is 0 Å². The van der Waals surface area contributed by atoms with Gasteiger partial charge in [-0.2, -0.15) is 0 Å². The zero-order valence-electron chi connectivity index (χ0n) is 18.8. The van der Waals surface area contributed by atoms with Gasteiger partial charge in [0, 0.05) is 36.2 Å².